The number of carbonyl (C=O) groups is 1. The number of alkyl halides is 4. The molecule has 2 aromatic carbocycles. The van der Waals surface area contributed by atoms with Crippen LogP contribution in [0.25, 0.3) is 0 Å². The third kappa shape index (κ3) is 4.71. The van der Waals surface area contributed by atoms with Crippen molar-refractivity contribution < 1.29 is 22.4 Å². The van der Waals surface area contributed by atoms with Crippen molar-refractivity contribution in [3.8, 4) is 0 Å². The highest BCUT2D eigenvalue weighted by Crippen LogP contribution is 2.27. The largest absolute Gasteiger partial charge is 0.332 e. The first-order valence-electron chi connectivity index (χ1n) is 7.20. The van der Waals surface area contributed by atoms with Crippen molar-refractivity contribution in [2.24, 2.45) is 0 Å². The highest BCUT2D eigenvalue weighted by molar-refractivity contribution is 5.74. The Labute approximate surface area is 136 Å². The summed E-state index contributed by atoms with van der Waals surface area (Å²) in [5.41, 5.74) is -0.528. The molecule has 3 nitrogen and oxygen atoms in total. The zero-order chi connectivity index (χ0) is 17.6. The molecule has 24 heavy (non-hydrogen) atoms. The third-order valence-corrected chi connectivity index (χ3v) is 3.33. The Morgan fingerprint density at radius 1 is 0.708 bits per heavy atom. The van der Waals surface area contributed by atoms with Crippen molar-refractivity contribution in [1.82, 2.24) is 10.6 Å². The van der Waals surface area contributed by atoms with Gasteiger partial charge < -0.3 is 10.6 Å². The SMILES string of the molecule is O=C(NCC(F)(F)c1ccccc1)NCC(F)(F)c1ccccc1. The molecule has 0 unspecified atom stereocenters. The molecule has 0 aromatic heterocycles. The fraction of sp³-hybridized carbons (Fsp3) is 0.235. The van der Waals surface area contributed by atoms with Crippen molar-refractivity contribution in [1.29, 1.82) is 0 Å². The van der Waals surface area contributed by atoms with Gasteiger partial charge in [-0.05, 0) is 0 Å². The zero-order valence-electron chi connectivity index (χ0n) is 12.6. The van der Waals surface area contributed by atoms with Crippen LogP contribution < -0.4 is 10.6 Å². The minimum absolute atomic E-state index is 0.264. The summed E-state index contributed by atoms with van der Waals surface area (Å²) in [6.07, 6.45) is 0. The molecule has 0 heterocycles. The lowest BCUT2D eigenvalue weighted by Crippen LogP contribution is -2.44. The first kappa shape index (κ1) is 17.8. The van der Waals surface area contributed by atoms with Crippen LogP contribution in [0.3, 0.4) is 0 Å². The van der Waals surface area contributed by atoms with Gasteiger partial charge in [0.05, 0.1) is 13.1 Å². The quantitative estimate of drug-likeness (QED) is 0.770. The Morgan fingerprint density at radius 3 is 1.38 bits per heavy atom. The smallest absolute Gasteiger partial charge is 0.315 e. The molecule has 2 amide bonds. The molecule has 0 fully saturated rings. The predicted molar refractivity (Wildman–Crippen MR) is 82.1 cm³/mol. The molecule has 0 bridgehead atoms. The summed E-state index contributed by atoms with van der Waals surface area (Å²) in [4.78, 5) is 11.5. The van der Waals surface area contributed by atoms with Crippen LogP contribution in [-0.4, -0.2) is 19.1 Å². The molecule has 2 rings (SSSR count). The van der Waals surface area contributed by atoms with Gasteiger partial charge in [0, 0.05) is 11.1 Å². The highest BCUT2D eigenvalue weighted by Gasteiger charge is 2.34. The van der Waals surface area contributed by atoms with Crippen LogP contribution in [0.5, 0.6) is 0 Å². The molecule has 0 aliphatic carbocycles. The lowest BCUT2D eigenvalue weighted by Gasteiger charge is -2.20. The van der Waals surface area contributed by atoms with E-state index in [0.717, 1.165) is 0 Å². The number of benzene rings is 2. The predicted octanol–water partition coefficient (Wildman–Crippen LogP) is 3.87. The number of hydrogen-bond donors (Lipinski definition) is 2. The molecule has 7 heteroatoms. The second kappa shape index (κ2) is 7.33. The summed E-state index contributed by atoms with van der Waals surface area (Å²) in [6.45, 7) is -1.97. The number of amides is 2. The van der Waals surface area contributed by atoms with E-state index >= 15 is 0 Å². The molecule has 0 radical (unpaired) electrons. The summed E-state index contributed by atoms with van der Waals surface area (Å²) in [5, 5.41) is 3.82. The number of urea groups is 1. The van der Waals surface area contributed by atoms with Crippen molar-refractivity contribution in [3.05, 3.63) is 71.8 Å². The summed E-state index contributed by atoms with van der Waals surface area (Å²) < 4.78 is 55.5. The fourth-order valence-electron chi connectivity index (χ4n) is 2.01. The Bertz CT molecular complexity index is 605. The van der Waals surface area contributed by atoms with Gasteiger partial charge in [-0.2, -0.15) is 17.6 Å². The van der Waals surface area contributed by atoms with Crippen LogP contribution in [0.1, 0.15) is 11.1 Å². The van der Waals surface area contributed by atoms with Crippen LogP contribution in [0.15, 0.2) is 60.7 Å². The Balaban J connectivity index is 1.85. The van der Waals surface area contributed by atoms with E-state index in [0.29, 0.717) is 0 Å². The average Bonchev–Trinajstić information content (AvgIpc) is 2.60. The average molecular weight is 340 g/mol. The first-order valence-corrected chi connectivity index (χ1v) is 7.20. The van der Waals surface area contributed by atoms with Crippen LogP contribution in [0.2, 0.25) is 0 Å². The molecular formula is C17H16F4N2O. The van der Waals surface area contributed by atoms with Gasteiger partial charge in [-0.1, -0.05) is 60.7 Å². The molecule has 0 spiro atoms. The van der Waals surface area contributed by atoms with E-state index in [1.165, 1.54) is 48.5 Å². The number of hydrogen-bond acceptors (Lipinski definition) is 1. The van der Waals surface area contributed by atoms with Gasteiger partial charge in [0.15, 0.2) is 0 Å². The van der Waals surface area contributed by atoms with Gasteiger partial charge in [0.25, 0.3) is 11.8 Å². The van der Waals surface area contributed by atoms with Crippen LogP contribution in [-0.2, 0) is 11.8 Å². The maximum atomic E-state index is 13.9. The van der Waals surface area contributed by atoms with E-state index in [1.807, 2.05) is 10.6 Å². The minimum atomic E-state index is -3.29. The molecular weight excluding hydrogens is 324 g/mol. The second-order valence-electron chi connectivity index (χ2n) is 5.18. The lowest BCUT2D eigenvalue weighted by atomic mass is 10.1. The summed E-state index contributed by atoms with van der Waals surface area (Å²) in [6, 6.07) is 12.8. The van der Waals surface area contributed by atoms with Crippen molar-refractivity contribution in [2.75, 3.05) is 13.1 Å². The van der Waals surface area contributed by atoms with Crippen LogP contribution in [0.4, 0.5) is 22.4 Å². The highest BCUT2D eigenvalue weighted by atomic mass is 19.3. The number of halogens is 4. The van der Waals surface area contributed by atoms with Gasteiger partial charge in [0.1, 0.15) is 0 Å². The number of rotatable bonds is 6. The lowest BCUT2D eigenvalue weighted by molar-refractivity contribution is -0.00498. The first-order chi connectivity index (χ1) is 11.3. The normalized spacial score (nSPS) is 11.8. The van der Waals surface area contributed by atoms with Gasteiger partial charge >= 0.3 is 6.03 Å². The fourth-order valence-corrected chi connectivity index (χ4v) is 2.01. The van der Waals surface area contributed by atoms with Gasteiger partial charge in [-0.25, -0.2) is 4.79 Å². The minimum Gasteiger partial charge on any atom is -0.332 e. The molecule has 0 aliphatic heterocycles. The molecule has 0 saturated heterocycles. The Hall–Kier alpha value is -2.57. The summed E-state index contributed by atoms with van der Waals surface area (Å²) in [5.74, 6) is -6.58. The molecule has 2 aromatic rings. The molecule has 0 atom stereocenters. The number of nitrogens with one attached hydrogen (secondary N) is 2. The van der Waals surface area contributed by atoms with E-state index in [-0.39, 0.29) is 11.1 Å². The van der Waals surface area contributed by atoms with E-state index < -0.39 is 31.0 Å². The van der Waals surface area contributed by atoms with Gasteiger partial charge in [-0.15, -0.1) is 0 Å². The topological polar surface area (TPSA) is 41.1 Å². The van der Waals surface area contributed by atoms with Crippen molar-refractivity contribution in [2.45, 2.75) is 11.8 Å². The summed E-state index contributed by atoms with van der Waals surface area (Å²) >= 11 is 0. The third-order valence-electron chi connectivity index (χ3n) is 3.33. The standard InChI is InChI=1S/C17H16F4N2O/c18-16(19,13-7-3-1-4-8-13)11-22-15(24)23-12-17(20,21)14-9-5-2-6-10-14/h1-10H,11-12H2,(H2,22,23,24). The number of carbonyl (C=O) groups excluding carboxylic acids is 1. The second-order valence-corrected chi connectivity index (χ2v) is 5.18. The molecule has 0 aliphatic rings. The Morgan fingerprint density at radius 2 is 1.04 bits per heavy atom. The van der Waals surface area contributed by atoms with Gasteiger partial charge in [-0.3, -0.25) is 0 Å². The molecule has 2 N–H and O–H groups in total. The van der Waals surface area contributed by atoms with Crippen molar-refractivity contribution in [3.63, 3.8) is 0 Å². The Kier molecular flexibility index (Phi) is 5.43. The molecule has 128 valence electrons. The maximum absolute atomic E-state index is 13.9. The van der Waals surface area contributed by atoms with Gasteiger partial charge in [0.2, 0.25) is 0 Å². The van der Waals surface area contributed by atoms with E-state index in [9.17, 15) is 22.4 Å². The summed E-state index contributed by atoms with van der Waals surface area (Å²) in [7, 11) is 0. The van der Waals surface area contributed by atoms with E-state index in [2.05, 4.69) is 0 Å². The van der Waals surface area contributed by atoms with Crippen LogP contribution >= 0.6 is 0 Å². The molecule has 0 saturated carbocycles. The van der Waals surface area contributed by atoms with E-state index in [1.54, 1.807) is 12.1 Å². The maximum Gasteiger partial charge on any atom is 0.315 e. The van der Waals surface area contributed by atoms with Crippen LogP contribution in [0, 0.1) is 0 Å². The zero-order valence-corrected chi connectivity index (χ0v) is 12.6. The van der Waals surface area contributed by atoms with E-state index in [4.69, 9.17) is 0 Å². The monoisotopic (exact) mass is 340 g/mol. The van der Waals surface area contributed by atoms with Crippen molar-refractivity contribution >= 4 is 6.03 Å².